The SMILES string of the molecule is CC(C)(C)OCCOCCCC[O]. The number of hydrogen-bond acceptors (Lipinski definition) is 2. The molecule has 0 aromatic carbocycles. The van der Waals surface area contributed by atoms with Gasteiger partial charge in [-0.3, -0.25) is 0 Å². The lowest BCUT2D eigenvalue weighted by Crippen LogP contribution is -2.21. The third kappa shape index (κ3) is 11.9. The summed E-state index contributed by atoms with van der Waals surface area (Å²) in [6.07, 6.45) is 1.57. The van der Waals surface area contributed by atoms with Crippen molar-refractivity contribution in [3.63, 3.8) is 0 Å². The van der Waals surface area contributed by atoms with E-state index in [1.807, 2.05) is 20.8 Å². The Labute approximate surface area is 81.0 Å². The molecule has 0 aromatic heterocycles. The summed E-state index contributed by atoms with van der Waals surface area (Å²) in [5.41, 5.74) is -0.0849. The molecule has 0 amide bonds. The number of hydrogen-bond donors (Lipinski definition) is 0. The van der Waals surface area contributed by atoms with Crippen LogP contribution in [0.2, 0.25) is 0 Å². The second-order valence-electron chi connectivity index (χ2n) is 3.98. The first-order chi connectivity index (χ1) is 6.06. The van der Waals surface area contributed by atoms with Crippen molar-refractivity contribution >= 4 is 0 Å². The van der Waals surface area contributed by atoms with Gasteiger partial charge in [0, 0.05) is 6.61 Å². The van der Waals surface area contributed by atoms with Gasteiger partial charge >= 0.3 is 0 Å². The van der Waals surface area contributed by atoms with Crippen LogP contribution in [0.4, 0.5) is 0 Å². The Balaban J connectivity index is 3.00. The highest BCUT2D eigenvalue weighted by molar-refractivity contribution is 4.57. The van der Waals surface area contributed by atoms with Crippen LogP contribution in [0.5, 0.6) is 0 Å². The van der Waals surface area contributed by atoms with Crippen LogP contribution < -0.4 is 0 Å². The van der Waals surface area contributed by atoms with E-state index in [-0.39, 0.29) is 12.2 Å². The molecular formula is C10H21O3. The van der Waals surface area contributed by atoms with Crippen molar-refractivity contribution < 1.29 is 14.6 Å². The molecule has 0 saturated heterocycles. The molecule has 3 nitrogen and oxygen atoms in total. The minimum absolute atomic E-state index is 0.00184. The highest BCUT2D eigenvalue weighted by Crippen LogP contribution is 2.05. The summed E-state index contributed by atoms with van der Waals surface area (Å²) in [5, 5.41) is 10.1. The highest BCUT2D eigenvalue weighted by Gasteiger charge is 2.08. The standard InChI is InChI=1S/C10H21O3/c1-10(2,3)13-9-8-12-7-5-4-6-11/h4-9H2,1-3H3. The Kier molecular flexibility index (Phi) is 7.23. The van der Waals surface area contributed by atoms with E-state index in [9.17, 15) is 5.11 Å². The van der Waals surface area contributed by atoms with E-state index in [0.717, 1.165) is 6.42 Å². The zero-order valence-corrected chi connectivity index (χ0v) is 8.97. The van der Waals surface area contributed by atoms with Crippen LogP contribution in [0.1, 0.15) is 33.6 Å². The molecule has 1 radical (unpaired) electrons. The van der Waals surface area contributed by atoms with Gasteiger partial charge in [0.2, 0.25) is 0 Å². The Morgan fingerprint density at radius 1 is 1.00 bits per heavy atom. The van der Waals surface area contributed by atoms with Crippen LogP contribution >= 0.6 is 0 Å². The molecule has 0 N–H and O–H groups in total. The van der Waals surface area contributed by atoms with Crippen molar-refractivity contribution in [2.45, 2.75) is 39.2 Å². The second kappa shape index (κ2) is 7.30. The minimum atomic E-state index is -0.0849. The van der Waals surface area contributed by atoms with Gasteiger partial charge in [0.25, 0.3) is 0 Å². The van der Waals surface area contributed by atoms with Crippen molar-refractivity contribution in [2.24, 2.45) is 0 Å². The van der Waals surface area contributed by atoms with Gasteiger partial charge in [-0.25, -0.2) is 5.11 Å². The van der Waals surface area contributed by atoms with E-state index < -0.39 is 0 Å². The third-order valence-corrected chi connectivity index (χ3v) is 1.45. The van der Waals surface area contributed by atoms with Gasteiger partial charge in [-0.2, -0.15) is 0 Å². The fourth-order valence-corrected chi connectivity index (χ4v) is 0.815. The number of ether oxygens (including phenoxy) is 2. The predicted octanol–water partition coefficient (Wildman–Crippen LogP) is 2.03. The van der Waals surface area contributed by atoms with Crippen LogP contribution in [-0.2, 0) is 14.6 Å². The van der Waals surface area contributed by atoms with Crippen LogP contribution in [0, 0.1) is 0 Å². The van der Waals surface area contributed by atoms with Crippen LogP contribution in [0.3, 0.4) is 0 Å². The molecule has 0 heterocycles. The lowest BCUT2D eigenvalue weighted by molar-refractivity contribution is -0.0355. The molecule has 0 saturated carbocycles. The van der Waals surface area contributed by atoms with Crippen molar-refractivity contribution in [3.05, 3.63) is 0 Å². The summed E-state index contributed by atoms with van der Waals surface area (Å²) in [4.78, 5) is 0. The molecule has 0 aliphatic carbocycles. The van der Waals surface area contributed by atoms with Gasteiger partial charge in [0.15, 0.2) is 0 Å². The van der Waals surface area contributed by atoms with Gasteiger partial charge in [0.05, 0.1) is 25.4 Å². The molecule has 0 aromatic rings. The average Bonchev–Trinajstić information content (AvgIpc) is 2.01. The molecule has 3 heteroatoms. The van der Waals surface area contributed by atoms with Crippen molar-refractivity contribution in [1.82, 2.24) is 0 Å². The summed E-state index contributed by atoms with van der Waals surface area (Å²) in [6, 6.07) is 0. The topological polar surface area (TPSA) is 38.4 Å². The van der Waals surface area contributed by atoms with Crippen LogP contribution in [0.25, 0.3) is 0 Å². The molecule has 0 unspecified atom stereocenters. The summed E-state index contributed by atoms with van der Waals surface area (Å²) in [7, 11) is 0. The van der Waals surface area contributed by atoms with Crippen LogP contribution in [-0.4, -0.2) is 32.0 Å². The van der Waals surface area contributed by atoms with Gasteiger partial charge in [0.1, 0.15) is 0 Å². The molecule has 0 aliphatic rings. The Morgan fingerprint density at radius 3 is 2.23 bits per heavy atom. The van der Waals surface area contributed by atoms with E-state index in [1.165, 1.54) is 0 Å². The van der Waals surface area contributed by atoms with Gasteiger partial charge in [-0.05, 0) is 33.6 Å². The number of rotatable bonds is 7. The largest absolute Gasteiger partial charge is 0.379 e. The fraction of sp³-hybridized carbons (Fsp3) is 1.00. The Morgan fingerprint density at radius 2 is 1.69 bits per heavy atom. The zero-order chi connectivity index (χ0) is 10.2. The molecule has 0 atom stereocenters. The lowest BCUT2D eigenvalue weighted by Gasteiger charge is -2.19. The zero-order valence-electron chi connectivity index (χ0n) is 8.97. The summed E-state index contributed by atoms with van der Waals surface area (Å²) in [5.74, 6) is 0. The van der Waals surface area contributed by atoms with E-state index in [0.29, 0.717) is 26.2 Å². The van der Waals surface area contributed by atoms with E-state index >= 15 is 0 Å². The van der Waals surface area contributed by atoms with Crippen LogP contribution in [0.15, 0.2) is 0 Å². The first kappa shape index (κ1) is 12.9. The molecule has 0 bridgehead atoms. The maximum absolute atomic E-state index is 10.1. The Hall–Kier alpha value is -0.120. The minimum Gasteiger partial charge on any atom is -0.379 e. The lowest BCUT2D eigenvalue weighted by atomic mass is 10.2. The average molecular weight is 189 g/mol. The Bertz CT molecular complexity index is 107. The van der Waals surface area contributed by atoms with Gasteiger partial charge in [-0.1, -0.05) is 0 Å². The predicted molar refractivity (Wildman–Crippen MR) is 51.3 cm³/mol. The van der Waals surface area contributed by atoms with E-state index in [4.69, 9.17) is 9.47 Å². The second-order valence-corrected chi connectivity index (χ2v) is 3.98. The van der Waals surface area contributed by atoms with E-state index in [2.05, 4.69) is 0 Å². The molecule has 0 rings (SSSR count). The maximum atomic E-state index is 10.1. The smallest absolute Gasteiger partial charge is 0.0823 e. The molecule has 0 spiro atoms. The first-order valence-corrected chi connectivity index (χ1v) is 4.86. The first-order valence-electron chi connectivity index (χ1n) is 4.86. The van der Waals surface area contributed by atoms with Crippen molar-refractivity contribution in [3.8, 4) is 0 Å². The molecule has 13 heavy (non-hydrogen) atoms. The summed E-state index contributed by atoms with van der Waals surface area (Å²) < 4.78 is 10.7. The molecule has 0 aliphatic heterocycles. The maximum Gasteiger partial charge on any atom is 0.0823 e. The molecule has 79 valence electrons. The summed E-state index contributed by atoms with van der Waals surface area (Å²) >= 11 is 0. The fourth-order valence-electron chi connectivity index (χ4n) is 0.815. The van der Waals surface area contributed by atoms with Gasteiger partial charge in [-0.15, -0.1) is 0 Å². The highest BCUT2D eigenvalue weighted by atomic mass is 16.5. The van der Waals surface area contributed by atoms with Crippen molar-refractivity contribution in [1.29, 1.82) is 0 Å². The third-order valence-electron chi connectivity index (χ3n) is 1.45. The monoisotopic (exact) mass is 189 g/mol. The summed E-state index contributed by atoms with van der Waals surface area (Å²) in [6.45, 7) is 7.98. The molecular weight excluding hydrogens is 168 g/mol. The molecule has 0 fully saturated rings. The normalized spacial score (nSPS) is 12.0. The quantitative estimate of drug-likeness (QED) is 0.575. The van der Waals surface area contributed by atoms with Gasteiger partial charge < -0.3 is 9.47 Å². The van der Waals surface area contributed by atoms with Crippen molar-refractivity contribution in [2.75, 3.05) is 26.4 Å². The number of unbranched alkanes of at least 4 members (excludes halogenated alkanes) is 1. The van der Waals surface area contributed by atoms with E-state index in [1.54, 1.807) is 0 Å².